The zero-order valence-electron chi connectivity index (χ0n) is 16.2. The first-order valence-corrected chi connectivity index (χ1v) is 9.38. The summed E-state index contributed by atoms with van der Waals surface area (Å²) in [4.78, 5) is 11.3. The number of unbranched alkanes of at least 4 members (excludes halogenated alkanes) is 1. The van der Waals surface area contributed by atoms with Gasteiger partial charge in [0.2, 0.25) is 5.75 Å². The number of methoxy groups -OCH3 is 1. The van der Waals surface area contributed by atoms with Gasteiger partial charge in [0.05, 0.1) is 13.7 Å². The number of hydrogen-bond donors (Lipinski definition) is 0. The maximum atomic E-state index is 11.3. The van der Waals surface area contributed by atoms with Crippen LogP contribution in [0.2, 0.25) is 0 Å². The van der Waals surface area contributed by atoms with Gasteiger partial charge in [-0.3, -0.25) is 4.79 Å². The molecule has 0 aliphatic heterocycles. The molecule has 0 aliphatic carbocycles. The molecule has 3 aromatic carbocycles. The fourth-order valence-corrected chi connectivity index (χ4v) is 2.83. The maximum absolute atomic E-state index is 11.3. The van der Waals surface area contributed by atoms with Crippen molar-refractivity contribution in [2.45, 2.75) is 19.8 Å². The molecule has 0 bridgehead atoms. The predicted octanol–water partition coefficient (Wildman–Crippen LogP) is 6.15. The molecule has 0 amide bonds. The minimum atomic E-state index is 0.463. The highest BCUT2D eigenvalue weighted by Crippen LogP contribution is 2.41. The molecular formula is C24H24O4. The van der Waals surface area contributed by atoms with Crippen molar-refractivity contribution in [3.05, 3.63) is 72.3 Å². The summed E-state index contributed by atoms with van der Waals surface area (Å²) >= 11 is 0. The summed E-state index contributed by atoms with van der Waals surface area (Å²) in [5.74, 6) is 2.11. The van der Waals surface area contributed by atoms with E-state index in [-0.39, 0.29) is 0 Å². The summed E-state index contributed by atoms with van der Waals surface area (Å²) < 4.78 is 17.4. The molecule has 28 heavy (non-hydrogen) atoms. The fourth-order valence-electron chi connectivity index (χ4n) is 2.83. The second-order valence-corrected chi connectivity index (χ2v) is 6.36. The number of carbonyl (C=O) groups is 1. The van der Waals surface area contributed by atoms with Crippen LogP contribution in [0.3, 0.4) is 0 Å². The summed E-state index contributed by atoms with van der Waals surface area (Å²) in [5.41, 5.74) is 2.71. The highest BCUT2D eigenvalue weighted by molar-refractivity contribution is 5.78. The van der Waals surface area contributed by atoms with E-state index in [4.69, 9.17) is 14.2 Å². The lowest BCUT2D eigenvalue weighted by Gasteiger charge is -2.16. The van der Waals surface area contributed by atoms with Crippen LogP contribution in [0.1, 0.15) is 30.1 Å². The molecule has 0 saturated carbocycles. The SMILES string of the molecule is CCCCOc1c(OC)cc(C=O)cc1Oc1ccc(-c2ccccc2)cc1. The zero-order valence-corrected chi connectivity index (χ0v) is 16.2. The number of ether oxygens (including phenoxy) is 3. The first-order chi connectivity index (χ1) is 13.7. The molecule has 4 heteroatoms. The quantitative estimate of drug-likeness (QED) is 0.332. The lowest BCUT2D eigenvalue weighted by atomic mass is 10.1. The van der Waals surface area contributed by atoms with Gasteiger partial charge in [-0.05, 0) is 41.8 Å². The monoisotopic (exact) mass is 376 g/mol. The van der Waals surface area contributed by atoms with Gasteiger partial charge in [-0.1, -0.05) is 55.8 Å². The number of aldehydes is 1. The minimum absolute atomic E-state index is 0.463. The highest BCUT2D eigenvalue weighted by atomic mass is 16.5. The number of rotatable bonds is 9. The van der Waals surface area contributed by atoms with E-state index < -0.39 is 0 Å². The van der Waals surface area contributed by atoms with Crippen molar-refractivity contribution in [1.82, 2.24) is 0 Å². The summed E-state index contributed by atoms with van der Waals surface area (Å²) in [7, 11) is 1.55. The van der Waals surface area contributed by atoms with E-state index in [0.717, 1.165) is 30.3 Å². The summed E-state index contributed by atoms with van der Waals surface area (Å²) in [6.07, 6.45) is 2.71. The van der Waals surface area contributed by atoms with Crippen molar-refractivity contribution in [2.24, 2.45) is 0 Å². The van der Waals surface area contributed by atoms with Crippen LogP contribution in [-0.4, -0.2) is 20.0 Å². The zero-order chi connectivity index (χ0) is 19.8. The van der Waals surface area contributed by atoms with E-state index in [1.165, 1.54) is 0 Å². The van der Waals surface area contributed by atoms with E-state index in [1.54, 1.807) is 19.2 Å². The largest absolute Gasteiger partial charge is 0.493 e. The van der Waals surface area contributed by atoms with E-state index >= 15 is 0 Å². The van der Waals surface area contributed by atoms with Crippen LogP contribution >= 0.6 is 0 Å². The van der Waals surface area contributed by atoms with Crippen molar-refractivity contribution in [2.75, 3.05) is 13.7 Å². The minimum Gasteiger partial charge on any atom is -0.493 e. The smallest absolute Gasteiger partial charge is 0.204 e. The third-order valence-electron chi connectivity index (χ3n) is 4.33. The molecule has 0 heterocycles. The Hall–Kier alpha value is -3.27. The van der Waals surface area contributed by atoms with Gasteiger partial charge in [-0.15, -0.1) is 0 Å². The van der Waals surface area contributed by atoms with E-state index in [0.29, 0.717) is 35.2 Å². The Kier molecular flexibility index (Phi) is 6.68. The Morgan fingerprint density at radius 1 is 0.893 bits per heavy atom. The Morgan fingerprint density at radius 2 is 1.57 bits per heavy atom. The number of benzene rings is 3. The maximum Gasteiger partial charge on any atom is 0.204 e. The Balaban J connectivity index is 1.88. The molecular weight excluding hydrogens is 352 g/mol. The van der Waals surface area contributed by atoms with Crippen LogP contribution < -0.4 is 14.2 Å². The second-order valence-electron chi connectivity index (χ2n) is 6.36. The molecule has 0 unspecified atom stereocenters. The van der Waals surface area contributed by atoms with E-state index in [1.807, 2.05) is 42.5 Å². The van der Waals surface area contributed by atoms with Crippen molar-refractivity contribution in [1.29, 1.82) is 0 Å². The Bertz CT molecular complexity index is 902. The summed E-state index contributed by atoms with van der Waals surface area (Å²) in [5, 5.41) is 0. The van der Waals surface area contributed by atoms with E-state index in [9.17, 15) is 4.79 Å². The summed E-state index contributed by atoms with van der Waals surface area (Å²) in [6, 6.07) is 21.3. The molecule has 0 spiro atoms. The Morgan fingerprint density at radius 3 is 2.21 bits per heavy atom. The van der Waals surface area contributed by atoms with Gasteiger partial charge in [-0.2, -0.15) is 0 Å². The average Bonchev–Trinajstić information content (AvgIpc) is 2.75. The van der Waals surface area contributed by atoms with Crippen LogP contribution in [-0.2, 0) is 0 Å². The number of carbonyl (C=O) groups excluding carboxylic acids is 1. The van der Waals surface area contributed by atoms with Gasteiger partial charge in [0.25, 0.3) is 0 Å². The van der Waals surface area contributed by atoms with Crippen molar-refractivity contribution >= 4 is 6.29 Å². The molecule has 144 valence electrons. The summed E-state index contributed by atoms with van der Waals surface area (Å²) in [6.45, 7) is 2.65. The molecule has 3 rings (SSSR count). The van der Waals surface area contributed by atoms with Gasteiger partial charge in [0.1, 0.15) is 12.0 Å². The first-order valence-electron chi connectivity index (χ1n) is 9.38. The van der Waals surface area contributed by atoms with Crippen molar-refractivity contribution in [3.8, 4) is 34.1 Å². The third kappa shape index (κ3) is 4.71. The van der Waals surface area contributed by atoms with E-state index in [2.05, 4.69) is 19.1 Å². The van der Waals surface area contributed by atoms with Crippen LogP contribution in [0.25, 0.3) is 11.1 Å². The molecule has 0 fully saturated rings. The molecule has 4 nitrogen and oxygen atoms in total. The second kappa shape index (κ2) is 9.60. The van der Waals surface area contributed by atoms with Crippen LogP contribution in [0, 0.1) is 0 Å². The van der Waals surface area contributed by atoms with Crippen LogP contribution in [0.5, 0.6) is 23.0 Å². The third-order valence-corrected chi connectivity index (χ3v) is 4.33. The number of hydrogen-bond acceptors (Lipinski definition) is 4. The van der Waals surface area contributed by atoms with Gasteiger partial charge in [-0.25, -0.2) is 0 Å². The lowest BCUT2D eigenvalue weighted by molar-refractivity contribution is 0.112. The molecule has 0 N–H and O–H groups in total. The van der Waals surface area contributed by atoms with Gasteiger partial charge < -0.3 is 14.2 Å². The molecule has 0 atom stereocenters. The highest BCUT2D eigenvalue weighted by Gasteiger charge is 2.16. The van der Waals surface area contributed by atoms with Gasteiger partial charge in [0.15, 0.2) is 11.5 Å². The molecule has 0 aliphatic rings. The lowest BCUT2D eigenvalue weighted by Crippen LogP contribution is -2.02. The van der Waals surface area contributed by atoms with Crippen molar-refractivity contribution in [3.63, 3.8) is 0 Å². The van der Waals surface area contributed by atoms with Crippen molar-refractivity contribution < 1.29 is 19.0 Å². The topological polar surface area (TPSA) is 44.8 Å². The fraction of sp³-hybridized carbons (Fsp3) is 0.208. The average molecular weight is 376 g/mol. The molecule has 0 aromatic heterocycles. The predicted molar refractivity (Wildman–Crippen MR) is 111 cm³/mol. The van der Waals surface area contributed by atoms with Gasteiger partial charge in [0, 0.05) is 5.56 Å². The molecule has 0 saturated heterocycles. The normalized spacial score (nSPS) is 10.4. The van der Waals surface area contributed by atoms with Crippen LogP contribution in [0.15, 0.2) is 66.7 Å². The van der Waals surface area contributed by atoms with Crippen LogP contribution in [0.4, 0.5) is 0 Å². The molecule has 3 aromatic rings. The Labute approximate surface area is 165 Å². The van der Waals surface area contributed by atoms with Gasteiger partial charge >= 0.3 is 0 Å². The molecule has 0 radical (unpaired) electrons. The first kappa shape index (κ1) is 19.5. The standard InChI is InChI=1S/C24H24O4/c1-3-4-14-27-24-22(26-2)15-18(17-25)16-23(24)28-21-12-10-20(11-13-21)19-8-6-5-7-9-19/h5-13,15-17H,3-4,14H2,1-2H3.